The van der Waals surface area contributed by atoms with Crippen molar-refractivity contribution in [3.63, 3.8) is 0 Å². The molecule has 6 nitrogen and oxygen atoms in total. The fourth-order valence-corrected chi connectivity index (χ4v) is 1.73. The van der Waals surface area contributed by atoms with Crippen LogP contribution < -0.4 is 0 Å². The Balaban J connectivity index is 2.34. The van der Waals surface area contributed by atoms with Crippen molar-refractivity contribution in [2.24, 2.45) is 0 Å². The standard InChI is InChI=1S/C11H12N2O4/c14-7-8-2-1-3-11(17-8)9-4-5-12-6-10(9)13(15)16/h3-6,8,14H,1-2,7H2. The summed E-state index contributed by atoms with van der Waals surface area (Å²) in [5.41, 5.74) is 0.320. The first kappa shape index (κ1) is 11.5. The van der Waals surface area contributed by atoms with Crippen LogP contribution in [0.1, 0.15) is 18.4 Å². The van der Waals surface area contributed by atoms with Gasteiger partial charge in [0.1, 0.15) is 18.1 Å². The monoisotopic (exact) mass is 236 g/mol. The summed E-state index contributed by atoms with van der Waals surface area (Å²) in [5.74, 6) is 0.449. The van der Waals surface area contributed by atoms with Crippen LogP contribution in [0.25, 0.3) is 5.76 Å². The molecule has 0 bridgehead atoms. The zero-order valence-electron chi connectivity index (χ0n) is 9.07. The van der Waals surface area contributed by atoms with Crippen LogP contribution in [0.15, 0.2) is 24.5 Å². The van der Waals surface area contributed by atoms with Crippen molar-refractivity contribution in [3.8, 4) is 0 Å². The van der Waals surface area contributed by atoms with Crippen molar-refractivity contribution >= 4 is 11.4 Å². The molecule has 1 aromatic heterocycles. The third-order valence-electron chi connectivity index (χ3n) is 2.58. The molecule has 0 saturated heterocycles. The van der Waals surface area contributed by atoms with Gasteiger partial charge < -0.3 is 9.84 Å². The highest BCUT2D eigenvalue weighted by molar-refractivity contribution is 5.68. The van der Waals surface area contributed by atoms with Crippen LogP contribution in [0.3, 0.4) is 0 Å². The smallest absolute Gasteiger partial charge is 0.298 e. The van der Waals surface area contributed by atoms with Crippen LogP contribution in [-0.2, 0) is 4.74 Å². The lowest BCUT2D eigenvalue weighted by molar-refractivity contribution is -0.385. The molecule has 2 rings (SSSR count). The number of nitrogens with zero attached hydrogens (tertiary/aromatic N) is 2. The molecule has 2 heterocycles. The van der Waals surface area contributed by atoms with Crippen molar-refractivity contribution in [1.82, 2.24) is 4.98 Å². The number of aliphatic hydroxyl groups is 1. The van der Waals surface area contributed by atoms with Crippen LogP contribution in [-0.4, -0.2) is 27.7 Å². The molecule has 0 fully saturated rings. The van der Waals surface area contributed by atoms with Crippen LogP contribution in [0.2, 0.25) is 0 Å². The van der Waals surface area contributed by atoms with E-state index in [1.54, 1.807) is 12.1 Å². The molecule has 90 valence electrons. The molecule has 0 radical (unpaired) electrons. The van der Waals surface area contributed by atoms with Crippen molar-refractivity contribution in [3.05, 3.63) is 40.2 Å². The quantitative estimate of drug-likeness (QED) is 0.635. The van der Waals surface area contributed by atoms with E-state index in [-0.39, 0.29) is 18.4 Å². The maximum absolute atomic E-state index is 10.8. The number of ether oxygens (including phenoxy) is 1. The minimum Gasteiger partial charge on any atom is -0.487 e. The van der Waals surface area contributed by atoms with Gasteiger partial charge >= 0.3 is 0 Å². The molecule has 0 spiro atoms. The van der Waals surface area contributed by atoms with E-state index < -0.39 is 4.92 Å². The lowest BCUT2D eigenvalue weighted by atomic mass is 10.1. The van der Waals surface area contributed by atoms with Crippen LogP contribution in [0.4, 0.5) is 5.69 Å². The Labute approximate surface area is 97.7 Å². The van der Waals surface area contributed by atoms with E-state index in [0.717, 1.165) is 12.8 Å². The summed E-state index contributed by atoms with van der Waals surface area (Å²) in [6.45, 7) is -0.0871. The van der Waals surface area contributed by atoms with E-state index in [4.69, 9.17) is 9.84 Å². The molecular formula is C11H12N2O4. The molecule has 0 saturated carbocycles. The van der Waals surface area contributed by atoms with E-state index in [2.05, 4.69) is 4.98 Å². The number of pyridine rings is 1. The van der Waals surface area contributed by atoms with Crippen LogP contribution in [0, 0.1) is 10.1 Å². The lowest BCUT2D eigenvalue weighted by Gasteiger charge is -2.22. The maximum Gasteiger partial charge on any atom is 0.298 e. The van der Waals surface area contributed by atoms with E-state index >= 15 is 0 Å². The van der Waals surface area contributed by atoms with Gasteiger partial charge in [-0.3, -0.25) is 15.1 Å². The number of aliphatic hydroxyl groups excluding tert-OH is 1. The highest BCUT2D eigenvalue weighted by Gasteiger charge is 2.23. The lowest BCUT2D eigenvalue weighted by Crippen LogP contribution is -2.20. The predicted molar refractivity (Wildman–Crippen MR) is 60.1 cm³/mol. The fraction of sp³-hybridized carbons (Fsp3) is 0.364. The van der Waals surface area contributed by atoms with Gasteiger partial charge in [-0.15, -0.1) is 0 Å². The fourth-order valence-electron chi connectivity index (χ4n) is 1.73. The summed E-state index contributed by atoms with van der Waals surface area (Å²) >= 11 is 0. The van der Waals surface area contributed by atoms with Crippen molar-refractivity contribution in [2.75, 3.05) is 6.61 Å². The summed E-state index contributed by atoms with van der Waals surface area (Å²) in [6.07, 6.45) is 5.65. The van der Waals surface area contributed by atoms with Gasteiger partial charge in [0.05, 0.1) is 17.1 Å². The largest absolute Gasteiger partial charge is 0.487 e. The van der Waals surface area contributed by atoms with Gasteiger partial charge in [-0.05, 0) is 25.0 Å². The number of hydrogen-bond donors (Lipinski definition) is 1. The Morgan fingerprint density at radius 2 is 2.47 bits per heavy atom. The number of hydrogen-bond acceptors (Lipinski definition) is 5. The van der Waals surface area contributed by atoms with Crippen LogP contribution in [0.5, 0.6) is 0 Å². The van der Waals surface area contributed by atoms with E-state index in [0.29, 0.717) is 11.3 Å². The molecule has 0 amide bonds. The molecule has 1 unspecified atom stereocenters. The van der Waals surface area contributed by atoms with Crippen molar-refractivity contribution < 1.29 is 14.8 Å². The topological polar surface area (TPSA) is 85.5 Å². The first-order valence-corrected chi connectivity index (χ1v) is 5.29. The molecular weight excluding hydrogens is 224 g/mol. The molecule has 1 aromatic rings. The van der Waals surface area contributed by atoms with Gasteiger partial charge in [-0.2, -0.15) is 0 Å². The Morgan fingerprint density at radius 3 is 3.18 bits per heavy atom. The highest BCUT2D eigenvalue weighted by atomic mass is 16.6. The normalized spacial score (nSPS) is 19.4. The minimum absolute atomic E-state index is 0.0858. The molecule has 0 aliphatic carbocycles. The van der Waals surface area contributed by atoms with Crippen molar-refractivity contribution in [1.29, 1.82) is 0 Å². The number of aromatic nitrogens is 1. The number of allylic oxidation sites excluding steroid dienone is 1. The summed E-state index contributed by atoms with van der Waals surface area (Å²) in [4.78, 5) is 14.1. The van der Waals surface area contributed by atoms with E-state index in [9.17, 15) is 10.1 Å². The Morgan fingerprint density at radius 1 is 1.65 bits per heavy atom. The van der Waals surface area contributed by atoms with Gasteiger partial charge in [-0.25, -0.2) is 0 Å². The van der Waals surface area contributed by atoms with E-state index in [1.165, 1.54) is 12.4 Å². The highest BCUT2D eigenvalue weighted by Crippen LogP contribution is 2.30. The second kappa shape index (κ2) is 4.92. The van der Waals surface area contributed by atoms with Gasteiger partial charge in [0, 0.05) is 6.20 Å². The van der Waals surface area contributed by atoms with Gasteiger partial charge in [0.15, 0.2) is 0 Å². The molecule has 17 heavy (non-hydrogen) atoms. The second-order valence-electron chi connectivity index (χ2n) is 3.72. The third-order valence-corrected chi connectivity index (χ3v) is 2.58. The molecule has 1 atom stereocenters. The van der Waals surface area contributed by atoms with E-state index in [1.807, 2.05) is 0 Å². The Hall–Kier alpha value is -1.95. The van der Waals surface area contributed by atoms with Gasteiger partial charge in [-0.1, -0.05) is 0 Å². The molecule has 1 aliphatic heterocycles. The summed E-state index contributed by atoms with van der Waals surface area (Å²) in [6, 6.07) is 1.55. The molecule has 1 N–H and O–H groups in total. The summed E-state index contributed by atoms with van der Waals surface area (Å²) < 4.78 is 5.49. The average molecular weight is 236 g/mol. The number of rotatable bonds is 3. The van der Waals surface area contributed by atoms with Crippen molar-refractivity contribution in [2.45, 2.75) is 18.9 Å². The average Bonchev–Trinajstić information content (AvgIpc) is 2.39. The SMILES string of the molecule is O=[N+]([O-])c1cnccc1C1=CCCC(CO)O1. The molecule has 6 heteroatoms. The third kappa shape index (κ3) is 2.42. The Bertz CT molecular complexity index is 459. The van der Waals surface area contributed by atoms with Gasteiger partial charge in [0.25, 0.3) is 5.69 Å². The Kier molecular flexibility index (Phi) is 3.34. The minimum atomic E-state index is -0.491. The molecule has 0 aromatic carbocycles. The summed E-state index contributed by atoms with van der Waals surface area (Å²) in [7, 11) is 0. The second-order valence-corrected chi connectivity index (χ2v) is 3.72. The van der Waals surface area contributed by atoms with Gasteiger partial charge in [0.2, 0.25) is 0 Å². The number of nitro groups is 1. The maximum atomic E-state index is 10.8. The molecule has 1 aliphatic rings. The summed E-state index contributed by atoms with van der Waals surface area (Å²) in [5, 5.41) is 19.9. The zero-order valence-corrected chi connectivity index (χ0v) is 9.07. The first-order chi connectivity index (χ1) is 8.22. The first-order valence-electron chi connectivity index (χ1n) is 5.29. The zero-order chi connectivity index (χ0) is 12.3. The van der Waals surface area contributed by atoms with Crippen LogP contribution >= 0.6 is 0 Å². The predicted octanol–water partition coefficient (Wildman–Crippen LogP) is 1.50.